The second-order valence-electron chi connectivity index (χ2n) is 10.2. The van der Waals surface area contributed by atoms with Crippen molar-refractivity contribution in [2.75, 3.05) is 0 Å². The van der Waals surface area contributed by atoms with Crippen LogP contribution in [0.2, 0.25) is 0 Å². The van der Waals surface area contributed by atoms with E-state index in [0.717, 1.165) is 23.5 Å². The van der Waals surface area contributed by atoms with E-state index < -0.39 is 0 Å². The molecular formula is C33H29N3. The van der Waals surface area contributed by atoms with Crippen molar-refractivity contribution in [3.8, 4) is 0 Å². The van der Waals surface area contributed by atoms with Crippen LogP contribution in [0.5, 0.6) is 0 Å². The summed E-state index contributed by atoms with van der Waals surface area (Å²) in [6.45, 7) is 0. The zero-order chi connectivity index (χ0) is 24.0. The molecule has 0 radical (unpaired) electrons. The lowest BCUT2D eigenvalue weighted by molar-refractivity contribution is 0.0687. The van der Waals surface area contributed by atoms with Gasteiger partial charge in [-0.1, -0.05) is 91.4 Å². The maximum Gasteiger partial charge on any atom is 0.140 e. The van der Waals surface area contributed by atoms with Crippen molar-refractivity contribution in [2.45, 2.75) is 37.3 Å². The molecule has 1 fully saturated rings. The molecule has 2 heterocycles. The second-order valence-corrected chi connectivity index (χ2v) is 10.2. The fourth-order valence-electron chi connectivity index (χ4n) is 6.56. The number of hydrogen-bond acceptors (Lipinski definition) is 3. The Balaban J connectivity index is 1.42. The molecule has 0 N–H and O–H groups in total. The fraction of sp³-hybridized carbons (Fsp3) is 0.212. The molecule has 176 valence electrons. The smallest absolute Gasteiger partial charge is 0.140 e. The van der Waals surface area contributed by atoms with E-state index in [4.69, 9.17) is 9.98 Å². The van der Waals surface area contributed by atoms with Crippen LogP contribution in [0.15, 0.2) is 131 Å². The summed E-state index contributed by atoms with van der Waals surface area (Å²) in [5, 5.41) is 0. The maximum atomic E-state index is 5.57. The summed E-state index contributed by atoms with van der Waals surface area (Å²) >= 11 is 0. The average molecular weight is 468 g/mol. The molecule has 1 saturated carbocycles. The van der Waals surface area contributed by atoms with Crippen LogP contribution < -0.4 is 0 Å². The summed E-state index contributed by atoms with van der Waals surface area (Å²) in [5.74, 6) is 0.771. The van der Waals surface area contributed by atoms with Gasteiger partial charge in [-0.05, 0) is 60.8 Å². The van der Waals surface area contributed by atoms with Gasteiger partial charge in [0.2, 0.25) is 0 Å². The summed E-state index contributed by atoms with van der Waals surface area (Å²) in [6.07, 6.45) is 13.8. The van der Waals surface area contributed by atoms with Crippen molar-refractivity contribution in [1.29, 1.82) is 0 Å². The Bertz CT molecular complexity index is 1430. The molecule has 7 rings (SSSR count). The van der Waals surface area contributed by atoms with Gasteiger partial charge in [0.25, 0.3) is 0 Å². The third-order valence-corrected chi connectivity index (χ3v) is 8.09. The molecule has 2 aliphatic heterocycles. The minimum atomic E-state index is -0.258. The molecule has 1 spiro atoms. The summed E-state index contributed by atoms with van der Waals surface area (Å²) in [6, 6.07) is 32.1. The fourth-order valence-corrected chi connectivity index (χ4v) is 6.56. The Morgan fingerprint density at radius 2 is 1.50 bits per heavy atom. The Hall–Kier alpha value is -3.98. The standard InChI is InChI=1S/C33H29N3/c1-4-12-24(13-5-1)28-23-31(25-14-6-2-7-15-25)36-32-22-27(34-26-16-8-3-9-17-26)19-20-30(32)35-33(36)21-11-10-18-29(28)33/h1-9,12-17,19-20,22-23,28-29H,10-11,18,21H2/t28-,29-,33-/m1/s1. The first-order valence-corrected chi connectivity index (χ1v) is 13.1. The third-order valence-electron chi connectivity index (χ3n) is 8.09. The molecule has 3 atom stereocenters. The molecule has 4 aliphatic rings. The highest BCUT2D eigenvalue weighted by Gasteiger charge is 2.56. The van der Waals surface area contributed by atoms with Gasteiger partial charge >= 0.3 is 0 Å². The zero-order valence-electron chi connectivity index (χ0n) is 20.3. The van der Waals surface area contributed by atoms with Gasteiger partial charge in [-0.2, -0.15) is 0 Å². The Morgan fingerprint density at radius 1 is 0.778 bits per heavy atom. The number of para-hydroxylation sites is 1. The van der Waals surface area contributed by atoms with E-state index in [0.29, 0.717) is 11.8 Å². The molecule has 3 heteroatoms. The monoisotopic (exact) mass is 467 g/mol. The number of rotatable bonds is 3. The molecule has 0 aromatic heterocycles. The van der Waals surface area contributed by atoms with E-state index in [1.807, 2.05) is 18.2 Å². The van der Waals surface area contributed by atoms with Crippen molar-refractivity contribution >= 4 is 22.8 Å². The highest BCUT2D eigenvalue weighted by Crippen LogP contribution is 2.57. The van der Waals surface area contributed by atoms with Crippen LogP contribution >= 0.6 is 0 Å². The van der Waals surface area contributed by atoms with E-state index >= 15 is 0 Å². The zero-order valence-corrected chi connectivity index (χ0v) is 20.3. The van der Waals surface area contributed by atoms with Crippen molar-refractivity contribution in [3.63, 3.8) is 0 Å². The Kier molecular flexibility index (Phi) is 5.09. The van der Waals surface area contributed by atoms with Gasteiger partial charge in [0, 0.05) is 17.5 Å². The molecule has 0 unspecified atom stereocenters. The first kappa shape index (κ1) is 21.3. The molecule has 0 amide bonds. The SMILES string of the molecule is C1=CC2=N[C@@]34CCCC[C@@H]3[C@@H](c3ccccc3)C=C(c3ccccc3)N4C2=CC1=Nc1ccccc1. The quantitative estimate of drug-likeness (QED) is 0.363. The Morgan fingerprint density at radius 3 is 2.28 bits per heavy atom. The van der Waals surface area contributed by atoms with Gasteiger partial charge in [-0.25, -0.2) is 4.99 Å². The predicted molar refractivity (Wildman–Crippen MR) is 148 cm³/mol. The van der Waals surface area contributed by atoms with Crippen molar-refractivity contribution in [2.24, 2.45) is 15.9 Å². The van der Waals surface area contributed by atoms with Crippen LogP contribution in [0.3, 0.4) is 0 Å². The number of nitrogens with zero attached hydrogens (tertiary/aromatic N) is 3. The van der Waals surface area contributed by atoms with Crippen LogP contribution in [0, 0.1) is 5.92 Å². The highest BCUT2D eigenvalue weighted by atomic mass is 15.4. The predicted octanol–water partition coefficient (Wildman–Crippen LogP) is 7.69. The van der Waals surface area contributed by atoms with Gasteiger partial charge in [-0.15, -0.1) is 0 Å². The largest absolute Gasteiger partial charge is 0.313 e. The number of hydrogen-bond donors (Lipinski definition) is 0. The summed E-state index contributed by atoms with van der Waals surface area (Å²) in [5.41, 5.74) is 7.86. The molecular weight excluding hydrogens is 438 g/mol. The van der Waals surface area contributed by atoms with Crippen molar-refractivity contribution in [1.82, 2.24) is 4.90 Å². The summed E-state index contributed by atoms with van der Waals surface area (Å²) in [7, 11) is 0. The second kappa shape index (κ2) is 8.60. The normalized spacial score (nSPS) is 27.5. The molecule has 0 saturated heterocycles. The number of benzene rings is 3. The van der Waals surface area contributed by atoms with Gasteiger partial charge in [0.15, 0.2) is 0 Å². The van der Waals surface area contributed by atoms with Crippen LogP contribution in [-0.2, 0) is 0 Å². The van der Waals surface area contributed by atoms with E-state index in [9.17, 15) is 0 Å². The van der Waals surface area contributed by atoms with Gasteiger partial charge in [0.1, 0.15) is 5.66 Å². The van der Waals surface area contributed by atoms with E-state index in [1.165, 1.54) is 41.8 Å². The average Bonchev–Trinajstić information content (AvgIpc) is 3.27. The van der Waals surface area contributed by atoms with Gasteiger partial charge in [-0.3, -0.25) is 4.99 Å². The minimum Gasteiger partial charge on any atom is -0.313 e. The molecule has 3 aromatic rings. The van der Waals surface area contributed by atoms with Crippen LogP contribution in [0.4, 0.5) is 5.69 Å². The summed E-state index contributed by atoms with van der Waals surface area (Å²) < 4.78 is 0. The van der Waals surface area contributed by atoms with Crippen LogP contribution in [-0.4, -0.2) is 22.0 Å². The number of fused-ring (bicyclic) bond motifs is 2. The lowest BCUT2D eigenvalue weighted by Gasteiger charge is -2.53. The lowest BCUT2D eigenvalue weighted by atomic mass is 9.66. The van der Waals surface area contributed by atoms with E-state index in [1.54, 1.807) is 0 Å². The Labute approximate surface area is 212 Å². The van der Waals surface area contributed by atoms with Crippen molar-refractivity contribution < 1.29 is 0 Å². The molecule has 3 aromatic carbocycles. The maximum absolute atomic E-state index is 5.57. The van der Waals surface area contributed by atoms with Crippen LogP contribution in [0.25, 0.3) is 5.70 Å². The molecule has 3 nitrogen and oxygen atoms in total. The lowest BCUT2D eigenvalue weighted by Crippen LogP contribution is -2.54. The molecule has 2 aliphatic carbocycles. The minimum absolute atomic E-state index is 0.258. The number of aliphatic imine (C=N–C) groups is 2. The highest BCUT2D eigenvalue weighted by molar-refractivity contribution is 6.23. The van der Waals surface area contributed by atoms with E-state index in [2.05, 4.69) is 102 Å². The summed E-state index contributed by atoms with van der Waals surface area (Å²) in [4.78, 5) is 13.1. The molecule has 36 heavy (non-hydrogen) atoms. The van der Waals surface area contributed by atoms with E-state index in [-0.39, 0.29) is 5.66 Å². The van der Waals surface area contributed by atoms with Gasteiger partial charge in [0.05, 0.1) is 22.8 Å². The first-order valence-electron chi connectivity index (χ1n) is 13.1. The number of allylic oxidation sites excluding steroid dienone is 4. The topological polar surface area (TPSA) is 28.0 Å². The van der Waals surface area contributed by atoms with Gasteiger partial charge < -0.3 is 4.90 Å². The third kappa shape index (κ3) is 3.42. The first-order chi connectivity index (χ1) is 17.8. The van der Waals surface area contributed by atoms with Crippen LogP contribution in [0.1, 0.15) is 42.7 Å². The van der Waals surface area contributed by atoms with Crippen molar-refractivity contribution in [3.05, 3.63) is 132 Å². The molecule has 0 bridgehead atoms.